The Bertz CT molecular complexity index is 538. The zero-order valence-electron chi connectivity index (χ0n) is 9.45. The van der Waals surface area contributed by atoms with Crippen LogP contribution in [0.15, 0.2) is 24.3 Å². The Labute approximate surface area is 102 Å². The van der Waals surface area contributed by atoms with Crippen molar-refractivity contribution in [3.8, 4) is 11.4 Å². The Morgan fingerprint density at radius 3 is 2.72 bits per heavy atom. The number of halogens is 1. The van der Waals surface area contributed by atoms with Crippen LogP contribution in [0.4, 0.5) is 4.39 Å². The molecule has 0 amide bonds. The summed E-state index contributed by atoms with van der Waals surface area (Å²) in [5, 5.41) is 19.7. The number of carboxylic acids is 1. The van der Waals surface area contributed by atoms with Crippen LogP contribution < -0.4 is 0 Å². The van der Waals surface area contributed by atoms with Crippen molar-refractivity contribution < 1.29 is 14.3 Å². The molecule has 0 aliphatic carbocycles. The number of hydrogen-bond donors (Lipinski definition) is 1. The normalized spacial score (nSPS) is 10.5. The molecule has 0 fully saturated rings. The highest BCUT2D eigenvalue weighted by Gasteiger charge is 2.09. The topological polar surface area (TPSA) is 80.9 Å². The van der Waals surface area contributed by atoms with Gasteiger partial charge in [-0.1, -0.05) is 0 Å². The van der Waals surface area contributed by atoms with E-state index in [0.29, 0.717) is 24.4 Å². The second kappa shape index (κ2) is 5.35. The third-order valence-corrected chi connectivity index (χ3v) is 2.39. The van der Waals surface area contributed by atoms with E-state index in [1.807, 2.05) is 0 Å². The third kappa shape index (κ3) is 2.88. The highest BCUT2D eigenvalue weighted by atomic mass is 19.1. The summed E-state index contributed by atoms with van der Waals surface area (Å²) in [7, 11) is 0. The quantitative estimate of drug-likeness (QED) is 0.866. The fraction of sp³-hybridized carbons (Fsp3) is 0.273. The summed E-state index contributed by atoms with van der Waals surface area (Å²) in [6, 6.07) is 5.81. The Morgan fingerprint density at radius 2 is 2.06 bits per heavy atom. The Hall–Kier alpha value is -2.31. The summed E-state index contributed by atoms with van der Waals surface area (Å²) in [6.07, 6.45) is 0.497. The zero-order chi connectivity index (χ0) is 13.0. The van der Waals surface area contributed by atoms with E-state index in [4.69, 9.17) is 5.11 Å². The minimum Gasteiger partial charge on any atom is -0.481 e. The molecule has 0 spiro atoms. The molecule has 0 aliphatic rings. The van der Waals surface area contributed by atoms with Gasteiger partial charge < -0.3 is 5.11 Å². The van der Waals surface area contributed by atoms with Gasteiger partial charge >= 0.3 is 5.97 Å². The Morgan fingerprint density at radius 1 is 1.33 bits per heavy atom. The van der Waals surface area contributed by atoms with E-state index in [1.165, 1.54) is 16.8 Å². The van der Waals surface area contributed by atoms with Crippen molar-refractivity contribution in [3.63, 3.8) is 0 Å². The minimum absolute atomic E-state index is 0.0583. The molecule has 0 saturated heterocycles. The Kier molecular flexibility index (Phi) is 3.61. The molecule has 0 radical (unpaired) electrons. The van der Waals surface area contributed by atoms with Gasteiger partial charge in [0.1, 0.15) is 5.82 Å². The van der Waals surface area contributed by atoms with Gasteiger partial charge in [-0.05, 0) is 41.1 Å². The SMILES string of the molecule is O=C(O)CCCn1nnnc1-c1ccc(F)cc1. The molecule has 94 valence electrons. The van der Waals surface area contributed by atoms with Crippen molar-refractivity contribution in [1.82, 2.24) is 20.2 Å². The number of aryl methyl sites for hydroxylation is 1. The smallest absolute Gasteiger partial charge is 0.303 e. The number of carbonyl (C=O) groups is 1. The van der Waals surface area contributed by atoms with Crippen molar-refractivity contribution in [1.29, 1.82) is 0 Å². The van der Waals surface area contributed by atoms with Crippen LogP contribution in [0, 0.1) is 5.82 Å². The first-order valence-electron chi connectivity index (χ1n) is 5.41. The van der Waals surface area contributed by atoms with Crippen LogP contribution in [0.3, 0.4) is 0 Å². The average Bonchev–Trinajstić information content (AvgIpc) is 2.78. The second-order valence-electron chi connectivity index (χ2n) is 3.73. The maximum atomic E-state index is 12.8. The molecular weight excluding hydrogens is 239 g/mol. The highest BCUT2D eigenvalue weighted by Crippen LogP contribution is 2.16. The van der Waals surface area contributed by atoms with Crippen molar-refractivity contribution in [2.75, 3.05) is 0 Å². The first-order chi connectivity index (χ1) is 8.66. The van der Waals surface area contributed by atoms with Crippen molar-refractivity contribution in [2.45, 2.75) is 19.4 Å². The van der Waals surface area contributed by atoms with Gasteiger partial charge in [0.05, 0.1) is 0 Å². The van der Waals surface area contributed by atoms with Gasteiger partial charge in [-0.15, -0.1) is 5.10 Å². The Balaban J connectivity index is 2.12. The van der Waals surface area contributed by atoms with E-state index >= 15 is 0 Å². The highest BCUT2D eigenvalue weighted by molar-refractivity contribution is 5.66. The van der Waals surface area contributed by atoms with Crippen LogP contribution in [0.2, 0.25) is 0 Å². The van der Waals surface area contributed by atoms with Gasteiger partial charge in [-0.25, -0.2) is 9.07 Å². The molecule has 0 atom stereocenters. The molecule has 1 N–H and O–H groups in total. The van der Waals surface area contributed by atoms with E-state index in [9.17, 15) is 9.18 Å². The van der Waals surface area contributed by atoms with Crippen LogP contribution in [0.25, 0.3) is 11.4 Å². The molecule has 18 heavy (non-hydrogen) atoms. The third-order valence-electron chi connectivity index (χ3n) is 2.39. The maximum absolute atomic E-state index is 12.8. The maximum Gasteiger partial charge on any atom is 0.303 e. The van der Waals surface area contributed by atoms with Crippen LogP contribution >= 0.6 is 0 Å². The lowest BCUT2D eigenvalue weighted by Crippen LogP contribution is -2.05. The van der Waals surface area contributed by atoms with Crippen molar-refractivity contribution in [3.05, 3.63) is 30.1 Å². The van der Waals surface area contributed by atoms with Gasteiger partial charge in [-0.3, -0.25) is 4.79 Å². The molecule has 2 rings (SSSR count). The molecular formula is C11H11FN4O2. The van der Waals surface area contributed by atoms with E-state index in [-0.39, 0.29) is 12.2 Å². The fourth-order valence-corrected chi connectivity index (χ4v) is 1.54. The van der Waals surface area contributed by atoms with Crippen LogP contribution in [-0.2, 0) is 11.3 Å². The first kappa shape index (κ1) is 12.2. The number of aromatic nitrogens is 4. The number of rotatable bonds is 5. The van der Waals surface area contributed by atoms with E-state index in [0.717, 1.165) is 0 Å². The minimum atomic E-state index is -0.855. The van der Waals surface area contributed by atoms with Crippen LogP contribution in [-0.4, -0.2) is 31.3 Å². The van der Waals surface area contributed by atoms with E-state index in [1.54, 1.807) is 12.1 Å². The lowest BCUT2D eigenvalue weighted by molar-refractivity contribution is -0.137. The lowest BCUT2D eigenvalue weighted by atomic mass is 10.2. The number of benzene rings is 1. The van der Waals surface area contributed by atoms with Gasteiger partial charge in [0.15, 0.2) is 5.82 Å². The van der Waals surface area contributed by atoms with Gasteiger partial charge in [0.2, 0.25) is 0 Å². The average molecular weight is 250 g/mol. The first-order valence-corrected chi connectivity index (χ1v) is 5.41. The van der Waals surface area contributed by atoms with Crippen molar-refractivity contribution >= 4 is 5.97 Å². The number of tetrazole rings is 1. The molecule has 0 unspecified atom stereocenters. The van der Waals surface area contributed by atoms with Crippen LogP contribution in [0.5, 0.6) is 0 Å². The molecule has 6 nitrogen and oxygen atoms in total. The molecule has 2 aromatic rings. The fourth-order valence-electron chi connectivity index (χ4n) is 1.54. The monoisotopic (exact) mass is 250 g/mol. The molecule has 1 aromatic heterocycles. The summed E-state index contributed by atoms with van der Waals surface area (Å²) in [5.74, 6) is -0.685. The molecule has 1 aromatic carbocycles. The number of aliphatic carboxylic acids is 1. The van der Waals surface area contributed by atoms with E-state index < -0.39 is 5.97 Å². The number of carboxylic acid groups (broad SMARTS) is 1. The molecule has 0 saturated carbocycles. The molecule has 0 bridgehead atoms. The van der Waals surface area contributed by atoms with Crippen LogP contribution in [0.1, 0.15) is 12.8 Å². The summed E-state index contributed by atoms with van der Waals surface area (Å²) in [6.45, 7) is 0.409. The summed E-state index contributed by atoms with van der Waals surface area (Å²) in [5.41, 5.74) is 0.691. The van der Waals surface area contributed by atoms with Gasteiger partial charge in [0, 0.05) is 18.5 Å². The van der Waals surface area contributed by atoms with Gasteiger partial charge in [-0.2, -0.15) is 0 Å². The predicted molar refractivity (Wildman–Crippen MR) is 60.1 cm³/mol. The lowest BCUT2D eigenvalue weighted by Gasteiger charge is -2.03. The van der Waals surface area contributed by atoms with E-state index in [2.05, 4.69) is 15.5 Å². The predicted octanol–water partition coefficient (Wildman–Crippen LogP) is 1.34. The summed E-state index contributed by atoms with van der Waals surface area (Å²) < 4.78 is 14.3. The summed E-state index contributed by atoms with van der Waals surface area (Å²) >= 11 is 0. The summed E-state index contributed by atoms with van der Waals surface area (Å²) in [4.78, 5) is 10.4. The number of hydrogen-bond acceptors (Lipinski definition) is 4. The van der Waals surface area contributed by atoms with Crippen molar-refractivity contribution in [2.24, 2.45) is 0 Å². The zero-order valence-corrected chi connectivity index (χ0v) is 9.45. The molecule has 0 aliphatic heterocycles. The standard InChI is InChI=1S/C11H11FN4O2/c12-9-5-3-8(4-6-9)11-13-14-15-16(11)7-1-2-10(17)18/h3-6H,1-2,7H2,(H,17,18). The number of nitrogens with zero attached hydrogens (tertiary/aromatic N) is 4. The largest absolute Gasteiger partial charge is 0.481 e. The molecule has 7 heteroatoms. The van der Waals surface area contributed by atoms with Gasteiger partial charge in [0.25, 0.3) is 0 Å². The molecule has 1 heterocycles. The second-order valence-corrected chi connectivity index (χ2v) is 3.73.